The van der Waals surface area contributed by atoms with E-state index < -0.39 is 0 Å². The number of nitrogens with zero attached hydrogens (tertiary/aromatic N) is 4. The molecule has 2 heterocycles. The van der Waals surface area contributed by atoms with Crippen LogP contribution >= 0.6 is 0 Å². The Bertz CT molecular complexity index is 1110. The van der Waals surface area contributed by atoms with Gasteiger partial charge in [0, 0.05) is 18.9 Å². The van der Waals surface area contributed by atoms with Crippen molar-refractivity contribution in [3.8, 4) is 0 Å². The van der Waals surface area contributed by atoms with Crippen LogP contribution in [-0.4, -0.2) is 25.7 Å². The number of halogens is 1. The zero-order valence-electron chi connectivity index (χ0n) is 14.1. The Morgan fingerprint density at radius 2 is 1.96 bits per heavy atom. The Balaban J connectivity index is 1.56. The molecule has 0 fully saturated rings. The van der Waals surface area contributed by atoms with Gasteiger partial charge >= 0.3 is 0 Å². The molecule has 7 heteroatoms. The van der Waals surface area contributed by atoms with Crippen molar-refractivity contribution in [1.82, 2.24) is 19.7 Å². The van der Waals surface area contributed by atoms with Crippen LogP contribution in [0.2, 0.25) is 0 Å². The first-order valence-electron chi connectivity index (χ1n) is 8.24. The van der Waals surface area contributed by atoms with Gasteiger partial charge in [-0.15, -0.1) is 10.2 Å². The molecule has 26 heavy (non-hydrogen) atoms. The quantitative estimate of drug-likeness (QED) is 0.614. The molecule has 0 saturated carbocycles. The van der Waals surface area contributed by atoms with Crippen LogP contribution in [0, 0.1) is 5.82 Å². The molecule has 0 aliphatic heterocycles. The fourth-order valence-electron chi connectivity index (χ4n) is 2.97. The summed E-state index contributed by atoms with van der Waals surface area (Å²) >= 11 is 0. The summed E-state index contributed by atoms with van der Waals surface area (Å²) in [5.41, 5.74) is 2.94. The Morgan fingerprint density at radius 1 is 1.15 bits per heavy atom. The number of aryl methyl sites for hydroxylation is 2. The fourth-order valence-corrected chi connectivity index (χ4v) is 2.97. The minimum atomic E-state index is -0.343. The van der Waals surface area contributed by atoms with Gasteiger partial charge in [0.25, 0.3) is 5.95 Å². The first-order chi connectivity index (χ1) is 12.6. The Hall–Kier alpha value is -3.35. The zero-order valence-corrected chi connectivity index (χ0v) is 14.1. The lowest BCUT2D eigenvalue weighted by Gasteiger charge is -2.04. The molecule has 0 aliphatic carbocycles. The number of anilines is 1. The number of hydrogen-bond acceptors (Lipinski definition) is 4. The molecule has 0 saturated heterocycles. The molecule has 1 N–H and O–H groups in total. The minimum absolute atomic E-state index is 0.141. The van der Waals surface area contributed by atoms with Crippen molar-refractivity contribution < 1.29 is 9.18 Å². The van der Waals surface area contributed by atoms with Crippen molar-refractivity contribution in [2.24, 2.45) is 7.05 Å². The second-order valence-corrected chi connectivity index (χ2v) is 6.06. The topological polar surface area (TPSA) is 72.7 Å². The minimum Gasteiger partial charge on any atom is -0.327 e. The maximum Gasteiger partial charge on any atom is 0.251 e. The summed E-state index contributed by atoms with van der Waals surface area (Å²) in [6, 6.07) is 14.2. The van der Waals surface area contributed by atoms with Gasteiger partial charge in [0.05, 0.1) is 5.52 Å². The number of nitrogens with one attached hydrogen (secondary N) is 1. The van der Waals surface area contributed by atoms with Crippen molar-refractivity contribution in [3.63, 3.8) is 0 Å². The molecule has 2 aromatic heterocycles. The van der Waals surface area contributed by atoms with E-state index >= 15 is 0 Å². The van der Waals surface area contributed by atoms with Gasteiger partial charge in [0.15, 0.2) is 5.65 Å². The zero-order chi connectivity index (χ0) is 18.1. The van der Waals surface area contributed by atoms with Crippen LogP contribution < -0.4 is 5.32 Å². The molecule has 0 spiro atoms. The van der Waals surface area contributed by atoms with Gasteiger partial charge in [-0.3, -0.25) is 10.1 Å². The van der Waals surface area contributed by atoms with Crippen molar-refractivity contribution in [1.29, 1.82) is 0 Å². The van der Waals surface area contributed by atoms with Gasteiger partial charge in [0.2, 0.25) is 5.91 Å². The highest BCUT2D eigenvalue weighted by molar-refractivity contribution is 6.04. The molecule has 1 amide bonds. The molecule has 0 unspecified atom stereocenters. The van der Waals surface area contributed by atoms with Gasteiger partial charge < -0.3 is 4.57 Å². The van der Waals surface area contributed by atoms with E-state index in [1.165, 1.54) is 12.1 Å². The van der Waals surface area contributed by atoms with Crippen LogP contribution in [0.25, 0.3) is 22.1 Å². The second kappa shape index (κ2) is 6.51. The van der Waals surface area contributed by atoms with E-state index in [4.69, 9.17) is 0 Å². The summed E-state index contributed by atoms with van der Waals surface area (Å²) in [5.74, 6) is -0.383. The molecule has 4 rings (SSSR count). The van der Waals surface area contributed by atoms with Crippen LogP contribution in [0.1, 0.15) is 12.0 Å². The number of carbonyl (C=O) groups excluding carboxylic acids is 1. The van der Waals surface area contributed by atoms with E-state index in [0.29, 0.717) is 29.4 Å². The normalized spacial score (nSPS) is 11.2. The Kier molecular flexibility index (Phi) is 4.04. The van der Waals surface area contributed by atoms with Crippen LogP contribution in [0.3, 0.4) is 0 Å². The van der Waals surface area contributed by atoms with E-state index in [2.05, 4.69) is 20.5 Å². The van der Waals surface area contributed by atoms with Crippen molar-refractivity contribution in [2.45, 2.75) is 12.8 Å². The number of rotatable bonds is 4. The third kappa shape index (κ3) is 2.99. The third-order valence-corrected chi connectivity index (χ3v) is 4.30. The number of benzene rings is 2. The summed E-state index contributed by atoms with van der Waals surface area (Å²) in [4.78, 5) is 16.5. The molecule has 0 bridgehead atoms. The summed E-state index contributed by atoms with van der Waals surface area (Å²) in [5, 5.41) is 11.4. The van der Waals surface area contributed by atoms with Crippen molar-refractivity contribution in [3.05, 3.63) is 59.9 Å². The van der Waals surface area contributed by atoms with E-state index in [1.54, 1.807) is 10.6 Å². The van der Waals surface area contributed by atoms with Gasteiger partial charge in [-0.2, -0.15) is 4.98 Å². The summed E-state index contributed by atoms with van der Waals surface area (Å²) in [6.07, 6.45) is 0.960. The van der Waals surface area contributed by atoms with Crippen LogP contribution in [-0.2, 0) is 18.3 Å². The molecule has 130 valence electrons. The smallest absolute Gasteiger partial charge is 0.251 e. The fraction of sp³-hybridized carbons (Fsp3) is 0.158. The van der Waals surface area contributed by atoms with E-state index in [1.807, 2.05) is 37.4 Å². The number of fused-ring (bicyclic) bond motifs is 3. The molecular formula is C19H16FN5O. The Morgan fingerprint density at radius 3 is 2.77 bits per heavy atom. The SMILES string of the molecule is Cn1c2ccc(F)cc2c2nnc(NC(=O)CCc3ccccc3)nc21. The van der Waals surface area contributed by atoms with Crippen LogP contribution in [0.4, 0.5) is 10.3 Å². The van der Waals surface area contributed by atoms with Crippen LogP contribution in [0.5, 0.6) is 0 Å². The number of amides is 1. The average molecular weight is 349 g/mol. The monoisotopic (exact) mass is 349 g/mol. The summed E-state index contributed by atoms with van der Waals surface area (Å²) < 4.78 is 15.3. The third-order valence-electron chi connectivity index (χ3n) is 4.30. The highest BCUT2D eigenvalue weighted by Crippen LogP contribution is 2.26. The van der Waals surface area contributed by atoms with Crippen LogP contribution in [0.15, 0.2) is 48.5 Å². The first-order valence-corrected chi connectivity index (χ1v) is 8.24. The van der Waals surface area contributed by atoms with Gasteiger partial charge in [0.1, 0.15) is 11.3 Å². The highest BCUT2D eigenvalue weighted by Gasteiger charge is 2.14. The maximum absolute atomic E-state index is 13.5. The van der Waals surface area contributed by atoms with Gasteiger partial charge in [-0.05, 0) is 30.2 Å². The maximum atomic E-state index is 13.5. The molecule has 6 nitrogen and oxygen atoms in total. The molecule has 4 aromatic rings. The average Bonchev–Trinajstić information content (AvgIpc) is 2.92. The van der Waals surface area contributed by atoms with E-state index in [-0.39, 0.29) is 17.7 Å². The first kappa shape index (κ1) is 16.1. The van der Waals surface area contributed by atoms with E-state index in [9.17, 15) is 9.18 Å². The summed E-state index contributed by atoms with van der Waals surface area (Å²) in [7, 11) is 1.82. The lowest BCUT2D eigenvalue weighted by atomic mass is 10.1. The molecular weight excluding hydrogens is 333 g/mol. The second-order valence-electron chi connectivity index (χ2n) is 6.06. The van der Waals surface area contributed by atoms with Crippen molar-refractivity contribution in [2.75, 3.05) is 5.32 Å². The lowest BCUT2D eigenvalue weighted by Crippen LogP contribution is -2.15. The lowest BCUT2D eigenvalue weighted by molar-refractivity contribution is -0.116. The highest BCUT2D eigenvalue weighted by atomic mass is 19.1. The summed E-state index contributed by atoms with van der Waals surface area (Å²) in [6.45, 7) is 0. The number of carbonyl (C=O) groups is 1. The number of hydrogen-bond donors (Lipinski definition) is 1. The predicted octanol–water partition coefficient (Wildman–Crippen LogP) is 3.23. The Labute approximate surface area is 148 Å². The molecule has 0 radical (unpaired) electrons. The van der Waals surface area contributed by atoms with Crippen molar-refractivity contribution >= 4 is 33.9 Å². The van der Waals surface area contributed by atoms with Gasteiger partial charge in [-0.1, -0.05) is 30.3 Å². The predicted molar refractivity (Wildman–Crippen MR) is 97.2 cm³/mol. The van der Waals surface area contributed by atoms with E-state index in [0.717, 1.165) is 11.1 Å². The standard InChI is InChI=1S/C19H16FN5O/c1-25-15-9-8-13(20)11-14(15)17-18(25)22-19(24-23-17)21-16(26)10-7-12-5-3-2-4-6-12/h2-6,8-9,11H,7,10H2,1H3,(H,21,22,24,26). The molecule has 2 aromatic carbocycles. The molecule has 0 aliphatic rings. The molecule has 0 atom stereocenters. The number of aromatic nitrogens is 4. The van der Waals surface area contributed by atoms with Gasteiger partial charge in [-0.25, -0.2) is 4.39 Å². The largest absolute Gasteiger partial charge is 0.327 e.